The largest absolute Gasteiger partial charge is 0.462 e. The van der Waals surface area contributed by atoms with Gasteiger partial charge in [-0.3, -0.25) is 4.79 Å². The molecule has 1 aromatic carbocycles. The smallest absolute Gasteiger partial charge is 0.302 e. The first-order valence-electron chi connectivity index (χ1n) is 7.54. The fourth-order valence-corrected chi connectivity index (χ4v) is 4.14. The molecular formula is C17H22O3. The van der Waals surface area contributed by atoms with Crippen LogP contribution >= 0.6 is 0 Å². The second kappa shape index (κ2) is 5.57. The van der Waals surface area contributed by atoms with E-state index in [-0.39, 0.29) is 18.2 Å². The molecule has 2 aliphatic carbocycles. The predicted molar refractivity (Wildman–Crippen MR) is 76.0 cm³/mol. The van der Waals surface area contributed by atoms with Crippen LogP contribution in [0.2, 0.25) is 0 Å². The molecule has 3 heteroatoms. The third-order valence-corrected chi connectivity index (χ3v) is 4.94. The van der Waals surface area contributed by atoms with Gasteiger partial charge in [-0.25, -0.2) is 0 Å². The first-order chi connectivity index (χ1) is 9.65. The molecule has 2 aliphatic rings. The summed E-state index contributed by atoms with van der Waals surface area (Å²) in [7, 11) is 0. The summed E-state index contributed by atoms with van der Waals surface area (Å²) in [6, 6.07) is 10.3. The van der Waals surface area contributed by atoms with Crippen molar-refractivity contribution in [2.24, 2.45) is 17.8 Å². The summed E-state index contributed by atoms with van der Waals surface area (Å²) < 4.78 is 5.61. The summed E-state index contributed by atoms with van der Waals surface area (Å²) in [4.78, 5) is 11.4. The number of benzene rings is 1. The van der Waals surface area contributed by atoms with E-state index in [2.05, 4.69) is 12.1 Å². The first kappa shape index (κ1) is 13.6. The van der Waals surface area contributed by atoms with Gasteiger partial charge < -0.3 is 9.84 Å². The zero-order chi connectivity index (χ0) is 14.1. The highest BCUT2D eigenvalue weighted by atomic mass is 16.5. The number of hydrogen-bond donors (Lipinski definition) is 1. The van der Waals surface area contributed by atoms with Crippen molar-refractivity contribution in [3.8, 4) is 0 Å². The van der Waals surface area contributed by atoms with Gasteiger partial charge in [-0.05, 0) is 37.2 Å². The molecule has 3 rings (SSSR count). The molecule has 0 amide bonds. The Bertz CT molecular complexity index is 470. The Kier molecular flexibility index (Phi) is 3.79. The van der Waals surface area contributed by atoms with Crippen molar-refractivity contribution in [2.45, 2.75) is 44.8 Å². The average molecular weight is 274 g/mol. The van der Waals surface area contributed by atoms with E-state index in [1.54, 1.807) is 0 Å². The lowest BCUT2D eigenvalue weighted by molar-refractivity contribution is -0.150. The Morgan fingerprint density at radius 3 is 2.70 bits per heavy atom. The molecule has 0 heterocycles. The van der Waals surface area contributed by atoms with Gasteiger partial charge in [0, 0.05) is 18.8 Å². The quantitative estimate of drug-likeness (QED) is 0.862. The van der Waals surface area contributed by atoms with Gasteiger partial charge in [-0.2, -0.15) is 0 Å². The highest BCUT2D eigenvalue weighted by molar-refractivity contribution is 5.66. The van der Waals surface area contributed by atoms with Gasteiger partial charge in [0.05, 0.1) is 6.10 Å². The standard InChI is InChI=1S/C17H22O3/c1-11(18)20-17-13(9-12-5-3-2-4-6-12)10-15-14(17)7-8-16(15)19/h2-6,13-17,19H,7-10H2,1H3/t13-,14-,15?,16?,17+/m0/s1. The van der Waals surface area contributed by atoms with Crippen molar-refractivity contribution in [3.63, 3.8) is 0 Å². The van der Waals surface area contributed by atoms with E-state index in [0.29, 0.717) is 17.8 Å². The fourth-order valence-electron chi connectivity index (χ4n) is 4.14. The van der Waals surface area contributed by atoms with Crippen molar-refractivity contribution in [1.82, 2.24) is 0 Å². The third kappa shape index (κ3) is 2.59. The van der Waals surface area contributed by atoms with Gasteiger partial charge in [-0.1, -0.05) is 30.3 Å². The molecule has 1 aromatic rings. The molecule has 5 atom stereocenters. The van der Waals surface area contributed by atoms with Crippen LogP contribution in [-0.2, 0) is 16.0 Å². The minimum atomic E-state index is -0.209. The third-order valence-electron chi connectivity index (χ3n) is 4.94. The molecule has 2 unspecified atom stereocenters. The molecule has 2 saturated carbocycles. The molecule has 0 bridgehead atoms. The Balaban J connectivity index is 1.76. The van der Waals surface area contributed by atoms with Crippen LogP contribution in [-0.4, -0.2) is 23.3 Å². The molecule has 20 heavy (non-hydrogen) atoms. The van der Waals surface area contributed by atoms with Crippen LogP contribution in [0.4, 0.5) is 0 Å². The van der Waals surface area contributed by atoms with Gasteiger partial charge in [0.2, 0.25) is 0 Å². The topological polar surface area (TPSA) is 46.5 Å². The highest BCUT2D eigenvalue weighted by Crippen LogP contribution is 2.49. The number of aliphatic hydroxyl groups excluding tert-OH is 1. The first-order valence-corrected chi connectivity index (χ1v) is 7.54. The summed E-state index contributed by atoms with van der Waals surface area (Å²) in [6.45, 7) is 1.48. The maximum atomic E-state index is 11.4. The summed E-state index contributed by atoms with van der Waals surface area (Å²) in [5.41, 5.74) is 1.28. The van der Waals surface area contributed by atoms with Crippen LogP contribution in [0.1, 0.15) is 31.7 Å². The van der Waals surface area contributed by atoms with E-state index in [9.17, 15) is 9.90 Å². The Morgan fingerprint density at radius 1 is 1.25 bits per heavy atom. The molecule has 0 radical (unpaired) electrons. The van der Waals surface area contributed by atoms with Gasteiger partial charge in [-0.15, -0.1) is 0 Å². The summed E-state index contributed by atoms with van der Waals surface area (Å²) >= 11 is 0. The molecule has 0 spiro atoms. The molecule has 3 nitrogen and oxygen atoms in total. The zero-order valence-electron chi connectivity index (χ0n) is 11.9. The van der Waals surface area contributed by atoms with Gasteiger partial charge in [0.1, 0.15) is 6.10 Å². The predicted octanol–water partition coefficient (Wildman–Crippen LogP) is 2.57. The Morgan fingerprint density at radius 2 is 2.00 bits per heavy atom. The van der Waals surface area contributed by atoms with Crippen LogP contribution in [0.3, 0.4) is 0 Å². The molecule has 0 saturated heterocycles. The Labute approximate surface area is 120 Å². The highest BCUT2D eigenvalue weighted by Gasteiger charge is 2.50. The number of carbonyl (C=O) groups excluding carboxylic acids is 1. The van der Waals surface area contributed by atoms with E-state index >= 15 is 0 Å². The lowest BCUT2D eigenvalue weighted by atomic mass is 9.92. The van der Waals surface area contributed by atoms with Crippen molar-refractivity contribution in [1.29, 1.82) is 0 Å². The summed E-state index contributed by atoms with van der Waals surface area (Å²) in [5.74, 6) is 0.803. The van der Waals surface area contributed by atoms with E-state index in [0.717, 1.165) is 25.7 Å². The average Bonchev–Trinajstić information content (AvgIpc) is 2.93. The maximum Gasteiger partial charge on any atom is 0.302 e. The van der Waals surface area contributed by atoms with Crippen molar-refractivity contribution in [2.75, 3.05) is 0 Å². The second-order valence-corrected chi connectivity index (χ2v) is 6.23. The molecular weight excluding hydrogens is 252 g/mol. The number of ether oxygens (including phenoxy) is 1. The zero-order valence-corrected chi connectivity index (χ0v) is 11.9. The van der Waals surface area contributed by atoms with Crippen LogP contribution in [0.5, 0.6) is 0 Å². The van der Waals surface area contributed by atoms with Crippen LogP contribution < -0.4 is 0 Å². The van der Waals surface area contributed by atoms with E-state index < -0.39 is 0 Å². The minimum absolute atomic E-state index is 0.0187. The van der Waals surface area contributed by atoms with E-state index in [1.807, 2.05) is 18.2 Å². The number of carbonyl (C=O) groups is 1. The summed E-state index contributed by atoms with van der Waals surface area (Å²) in [6.07, 6.45) is 3.51. The van der Waals surface area contributed by atoms with Gasteiger partial charge in [0.25, 0.3) is 0 Å². The molecule has 1 N–H and O–H groups in total. The van der Waals surface area contributed by atoms with Crippen LogP contribution in [0.25, 0.3) is 0 Å². The van der Waals surface area contributed by atoms with Crippen molar-refractivity contribution in [3.05, 3.63) is 35.9 Å². The van der Waals surface area contributed by atoms with E-state index in [4.69, 9.17) is 4.74 Å². The van der Waals surface area contributed by atoms with Crippen LogP contribution in [0, 0.1) is 17.8 Å². The number of esters is 1. The SMILES string of the molecule is CC(=O)O[C@@H]1[C@@H](Cc2ccccc2)CC2C(O)CC[C@@H]21. The lowest BCUT2D eigenvalue weighted by Crippen LogP contribution is -2.28. The van der Waals surface area contributed by atoms with Gasteiger partial charge >= 0.3 is 5.97 Å². The number of rotatable bonds is 3. The number of fused-ring (bicyclic) bond motifs is 1. The lowest BCUT2D eigenvalue weighted by Gasteiger charge is -2.23. The second-order valence-electron chi connectivity index (χ2n) is 6.23. The van der Waals surface area contributed by atoms with Crippen LogP contribution in [0.15, 0.2) is 30.3 Å². The minimum Gasteiger partial charge on any atom is -0.462 e. The maximum absolute atomic E-state index is 11.4. The van der Waals surface area contributed by atoms with Crippen molar-refractivity contribution >= 4 is 5.97 Å². The van der Waals surface area contributed by atoms with Gasteiger partial charge in [0.15, 0.2) is 0 Å². The summed E-state index contributed by atoms with van der Waals surface area (Å²) in [5, 5.41) is 10.1. The normalized spacial score (nSPS) is 35.8. The Hall–Kier alpha value is -1.35. The number of aliphatic hydroxyl groups is 1. The monoisotopic (exact) mass is 274 g/mol. The van der Waals surface area contributed by atoms with E-state index in [1.165, 1.54) is 12.5 Å². The molecule has 2 fully saturated rings. The van der Waals surface area contributed by atoms with Crippen molar-refractivity contribution < 1.29 is 14.6 Å². The molecule has 0 aromatic heterocycles. The molecule has 108 valence electrons. The molecule has 0 aliphatic heterocycles. The number of hydrogen-bond acceptors (Lipinski definition) is 3. The fraction of sp³-hybridized carbons (Fsp3) is 0.588.